The molecular formula is C12H13N3. The predicted octanol–water partition coefficient (Wildman–Crippen LogP) is 2.26. The van der Waals surface area contributed by atoms with Gasteiger partial charge in [0.25, 0.3) is 0 Å². The molecule has 2 aliphatic rings. The molecule has 3 nitrogen and oxygen atoms in total. The molecule has 2 rings (SSSR count). The van der Waals surface area contributed by atoms with E-state index in [1.54, 1.807) is 6.08 Å². The first-order chi connectivity index (χ1) is 7.36. The summed E-state index contributed by atoms with van der Waals surface area (Å²) in [6, 6.07) is 0. The minimum absolute atomic E-state index is 0.279. The minimum atomic E-state index is 0.279. The molecule has 0 aromatic rings. The lowest BCUT2D eigenvalue weighted by Crippen LogP contribution is -2.27. The average Bonchev–Trinajstić information content (AvgIpc) is 2.25. The van der Waals surface area contributed by atoms with E-state index in [2.05, 4.69) is 16.0 Å². The Bertz CT molecular complexity index is 397. The molecule has 0 aromatic carbocycles. The molecule has 0 aliphatic carbocycles. The Hall–Kier alpha value is -1.90. The van der Waals surface area contributed by atoms with Gasteiger partial charge in [-0.3, -0.25) is 5.41 Å². The van der Waals surface area contributed by atoms with E-state index in [-0.39, 0.29) is 5.84 Å². The van der Waals surface area contributed by atoms with Crippen LogP contribution in [0.1, 0.15) is 6.42 Å². The van der Waals surface area contributed by atoms with Gasteiger partial charge in [-0.2, -0.15) is 0 Å². The average molecular weight is 199 g/mol. The maximum absolute atomic E-state index is 7.62. The van der Waals surface area contributed by atoms with Crippen LogP contribution in [0.3, 0.4) is 0 Å². The van der Waals surface area contributed by atoms with E-state index in [1.807, 2.05) is 36.6 Å². The van der Waals surface area contributed by atoms with Crippen molar-refractivity contribution in [2.75, 3.05) is 6.54 Å². The summed E-state index contributed by atoms with van der Waals surface area (Å²) in [7, 11) is 0. The molecule has 2 heterocycles. The van der Waals surface area contributed by atoms with Gasteiger partial charge in [-0.25, -0.2) is 4.99 Å². The Morgan fingerprint density at radius 3 is 2.93 bits per heavy atom. The van der Waals surface area contributed by atoms with Gasteiger partial charge in [0.05, 0.1) is 0 Å². The normalized spacial score (nSPS) is 24.4. The van der Waals surface area contributed by atoms with Gasteiger partial charge in [-0.05, 0) is 24.6 Å². The summed E-state index contributed by atoms with van der Waals surface area (Å²) in [5, 5.41) is 7.62. The molecule has 0 amide bonds. The van der Waals surface area contributed by atoms with Gasteiger partial charge in [0.2, 0.25) is 0 Å². The highest BCUT2D eigenvalue weighted by Gasteiger charge is 2.07. The van der Waals surface area contributed by atoms with Crippen LogP contribution in [-0.2, 0) is 0 Å². The first-order valence-corrected chi connectivity index (χ1v) is 4.98. The van der Waals surface area contributed by atoms with E-state index in [0.29, 0.717) is 0 Å². The lowest BCUT2D eigenvalue weighted by atomic mass is 10.2. The maximum atomic E-state index is 7.62. The molecule has 76 valence electrons. The lowest BCUT2D eigenvalue weighted by Gasteiger charge is -2.21. The molecule has 0 atom stereocenters. The predicted molar refractivity (Wildman–Crippen MR) is 63.0 cm³/mol. The molecule has 3 heteroatoms. The lowest BCUT2D eigenvalue weighted by molar-refractivity contribution is 0.564. The Labute approximate surface area is 89.3 Å². The zero-order valence-corrected chi connectivity index (χ0v) is 8.43. The van der Waals surface area contributed by atoms with Crippen LogP contribution in [0.5, 0.6) is 0 Å². The molecule has 0 fully saturated rings. The van der Waals surface area contributed by atoms with Crippen molar-refractivity contribution >= 4 is 11.7 Å². The van der Waals surface area contributed by atoms with Crippen LogP contribution in [0.4, 0.5) is 0 Å². The summed E-state index contributed by atoms with van der Waals surface area (Å²) in [4.78, 5) is 6.28. The fourth-order valence-electron chi connectivity index (χ4n) is 1.45. The summed E-state index contributed by atoms with van der Waals surface area (Å²) in [6.07, 6.45) is 16.4. The van der Waals surface area contributed by atoms with E-state index in [1.165, 1.54) is 0 Å². The van der Waals surface area contributed by atoms with Crippen LogP contribution in [-0.4, -0.2) is 23.1 Å². The van der Waals surface area contributed by atoms with Crippen LogP contribution in [0, 0.1) is 5.41 Å². The first kappa shape index (κ1) is 9.65. The number of allylic oxidation sites excluding steroid dienone is 4. The van der Waals surface area contributed by atoms with Gasteiger partial charge >= 0.3 is 0 Å². The molecule has 0 bridgehead atoms. The smallest absolute Gasteiger partial charge is 0.146 e. The van der Waals surface area contributed by atoms with Crippen LogP contribution in [0.15, 0.2) is 53.7 Å². The summed E-state index contributed by atoms with van der Waals surface area (Å²) in [5.41, 5.74) is 0. The molecular weight excluding hydrogens is 186 g/mol. The fraction of sp³-hybridized carbons (Fsp3) is 0.167. The Morgan fingerprint density at radius 1 is 1.13 bits per heavy atom. The third-order valence-corrected chi connectivity index (χ3v) is 2.19. The first-order valence-electron chi connectivity index (χ1n) is 4.98. The van der Waals surface area contributed by atoms with Crippen LogP contribution in [0.2, 0.25) is 0 Å². The van der Waals surface area contributed by atoms with Gasteiger partial charge in [-0.1, -0.05) is 24.3 Å². The van der Waals surface area contributed by atoms with Gasteiger partial charge < -0.3 is 4.90 Å². The minimum Gasteiger partial charge on any atom is -0.333 e. The Kier molecular flexibility index (Phi) is 2.93. The largest absolute Gasteiger partial charge is 0.333 e. The summed E-state index contributed by atoms with van der Waals surface area (Å²) in [6.45, 7) is 0.900. The molecule has 0 unspecified atom stereocenters. The van der Waals surface area contributed by atoms with Crippen molar-refractivity contribution in [2.45, 2.75) is 6.42 Å². The van der Waals surface area contributed by atoms with Crippen molar-refractivity contribution in [3.63, 3.8) is 0 Å². The second-order valence-corrected chi connectivity index (χ2v) is 3.33. The van der Waals surface area contributed by atoms with Crippen molar-refractivity contribution in [1.82, 2.24) is 4.90 Å². The van der Waals surface area contributed by atoms with Crippen LogP contribution >= 0.6 is 0 Å². The highest BCUT2D eigenvalue weighted by molar-refractivity contribution is 6.06. The zero-order chi connectivity index (χ0) is 10.5. The molecule has 2 aliphatic heterocycles. The van der Waals surface area contributed by atoms with E-state index >= 15 is 0 Å². The number of hydrogen-bond donors (Lipinski definition) is 1. The number of aliphatic imine (C=N–C) groups is 1. The third-order valence-electron chi connectivity index (χ3n) is 2.19. The molecule has 0 saturated heterocycles. The van der Waals surface area contributed by atoms with E-state index < -0.39 is 0 Å². The zero-order valence-electron chi connectivity index (χ0n) is 8.43. The van der Waals surface area contributed by atoms with Gasteiger partial charge in [0.15, 0.2) is 0 Å². The number of nitrogens with one attached hydrogen (secondary N) is 1. The number of fused-ring (bicyclic) bond motifs is 1. The fourth-order valence-corrected chi connectivity index (χ4v) is 1.45. The molecule has 1 N–H and O–H groups in total. The van der Waals surface area contributed by atoms with Crippen LogP contribution in [0.25, 0.3) is 0 Å². The van der Waals surface area contributed by atoms with E-state index in [4.69, 9.17) is 5.41 Å². The number of rotatable bonds is 0. The molecule has 0 saturated carbocycles. The number of amidine groups is 2. The molecule has 15 heavy (non-hydrogen) atoms. The summed E-state index contributed by atoms with van der Waals surface area (Å²) >= 11 is 0. The highest BCUT2D eigenvalue weighted by Crippen LogP contribution is 2.06. The van der Waals surface area contributed by atoms with Crippen molar-refractivity contribution in [3.05, 3.63) is 48.7 Å². The summed E-state index contributed by atoms with van der Waals surface area (Å²) < 4.78 is 0. The topological polar surface area (TPSA) is 39.5 Å². The van der Waals surface area contributed by atoms with Crippen molar-refractivity contribution < 1.29 is 0 Å². The monoisotopic (exact) mass is 199 g/mol. The van der Waals surface area contributed by atoms with Gasteiger partial charge in [0, 0.05) is 12.7 Å². The van der Waals surface area contributed by atoms with Crippen molar-refractivity contribution in [2.24, 2.45) is 4.99 Å². The SMILES string of the molecule is N=C1/C=C\C=C/CCN2C=CC=CC2=N1. The molecule has 0 aromatic heterocycles. The number of hydrogen-bond acceptors (Lipinski definition) is 2. The maximum Gasteiger partial charge on any atom is 0.146 e. The van der Waals surface area contributed by atoms with Crippen molar-refractivity contribution in [1.29, 1.82) is 5.41 Å². The van der Waals surface area contributed by atoms with Gasteiger partial charge in [-0.15, -0.1) is 0 Å². The second-order valence-electron chi connectivity index (χ2n) is 3.33. The number of nitrogens with zero attached hydrogens (tertiary/aromatic N) is 2. The van der Waals surface area contributed by atoms with E-state index in [9.17, 15) is 0 Å². The van der Waals surface area contributed by atoms with Crippen molar-refractivity contribution in [3.8, 4) is 0 Å². The highest BCUT2D eigenvalue weighted by atomic mass is 15.2. The van der Waals surface area contributed by atoms with Crippen LogP contribution < -0.4 is 0 Å². The standard InChI is InChI=1S/C12H13N3/c13-11-7-3-1-2-5-9-15-10-6-4-8-12(15)14-11/h1-4,6-8,10,13H,5,9H2/b2-1-,7-3-,13-11?,14-12?. The molecule has 0 spiro atoms. The Morgan fingerprint density at radius 2 is 2.00 bits per heavy atom. The van der Waals surface area contributed by atoms with Gasteiger partial charge in [0.1, 0.15) is 11.7 Å². The Balaban J connectivity index is 2.28. The quantitative estimate of drug-likeness (QED) is 0.638. The second kappa shape index (κ2) is 4.55. The third kappa shape index (κ3) is 2.53. The van der Waals surface area contributed by atoms with E-state index in [0.717, 1.165) is 18.8 Å². The summed E-state index contributed by atoms with van der Waals surface area (Å²) in [5.74, 6) is 1.11. The molecule has 0 radical (unpaired) electrons.